The van der Waals surface area contributed by atoms with Crippen molar-refractivity contribution in [1.29, 1.82) is 0 Å². The monoisotopic (exact) mass is 412 g/mol. The van der Waals surface area contributed by atoms with Crippen molar-refractivity contribution in [2.24, 2.45) is 5.92 Å². The van der Waals surface area contributed by atoms with E-state index in [1.54, 1.807) is 23.1 Å². The number of benzene rings is 1. The van der Waals surface area contributed by atoms with Crippen LogP contribution in [-0.2, 0) is 19.1 Å². The van der Waals surface area contributed by atoms with Crippen LogP contribution in [0.5, 0.6) is 0 Å². The van der Waals surface area contributed by atoms with Crippen LogP contribution in [0, 0.1) is 5.92 Å². The van der Waals surface area contributed by atoms with Crippen molar-refractivity contribution < 1.29 is 19.1 Å². The van der Waals surface area contributed by atoms with Crippen molar-refractivity contribution in [1.82, 2.24) is 4.90 Å². The number of hydrogen-bond acceptors (Lipinski definition) is 4. The van der Waals surface area contributed by atoms with Gasteiger partial charge in [-0.15, -0.1) is 0 Å². The second kappa shape index (κ2) is 8.48. The van der Waals surface area contributed by atoms with E-state index in [0.717, 1.165) is 25.7 Å². The van der Waals surface area contributed by atoms with Gasteiger partial charge in [-0.3, -0.25) is 14.4 Å². The quantitative estimate of drug-likeness (QED) is 0.748. The molecule has 0 bridgehead atoms. The minimum atomic E-state index is -0.995. The fraction of sp³-hybridized carbons (Fsp3) is 0.526. The highest BCUT2D eigenvalue weighted by Crippen LogP contribution is 2.30. The molecular formula is C19H22Cl2N2O4. The van der Waals surface area contributed by atoms with E-state index in [-0.39, 0.29) is 18.4 Å². The van der Waals surface area contributed by atoms with Crippen LogP contribution in [0.2, 0.25) is 10.0 Å². The third kappa shape index (κ3) is 4.93. The summed E-state index contributed by atoms with van der Waals surface area (Å²) in [4.78, 5) is 38.7. The highest BCUT2D eigenvalue weighted by Gasteiger charge is 2.40. The average Bonchev–Trinajstić information content (AvgIpc) is 3.22. The van der Waals surface area contributed by atoms with Crippen molar-refractivity contribution in [3.63, 3.8) is 0 Å². The van der Waals surface area contributed by atoms with Gasteiger partial charge >= 0.3 is 5.97 Å². The van der Waals surface area contributed by atoms with E-state index in [1.165, 1.54) is 6.92 Å². The maximum atomic E-state index is 12.4. The van der Waals surface area contributed by atoms with Crippen LogP contribution >= 0.6 is 23.2 Å². The first-order valence-electron chi connectivity index (χ1n) is 9.10. The first kappa shape index (κ1) is 20.0. The lowest BCUT2D eigenvalue weighted by Gasteiger charge is -2.24. The van der Waals surface area contributed by atoms with Crippen molar-refractivity contribution in [3.05, 3.63) is 28.2 Å². The number of rotatable bonds is 5. The maximum absolute atomic E-state index is 12.4. The lowest BCUT2D eigenvalue weighted by molar-refractivity contribution is -0.157. The van der Waals surface area contributed by atoms with Crippen LogP contribution in [0.25, 0.3) is 0 Å². The number of esters is 1. The summed E-state index contributed by atoms with van der Waals surface area (Å²) in [5.41, 5.74) is 0.420. The number of hydrogen-bond donors (Lipinski definition) is 1. The number of nitrogens with zero attached hydrogens (tertiary/aromatic N) is 1. The summed E-state index contributed by atoms with van der Waals surface area (Å²) >= 11 is 11.8. The molecule has 2 fully saturated rings. The van der Waals surface area contributed by atoms with Crippen molar-refractivity contribution >= 4 is 46.7 Å². The second-order valence-corrected chi connectivity index (χ2v) is 7.98. The number of carbonyl (C=O) groups is 3. The molecule has 8 heteroatoms. The SMILES string of the molecule is C[C@@H](OC(=O)[C@@H]1CC(=O)N(C2CCCC2)C1)C(=O)Nc1cc(Cl)cc(Cl)c1. The number of nitrogens with one attached hydrogen (secondary N) is 1. The van der Waals surface area contributed by atoms with Gasteiger partial charge in [-0.05, 0) is 38.0 Å². The maximum Gasteiger partial charge on any atom is 0.312 e. The van der Waals surface area contributed by atoms with E-state index in [1.807, 2.05) is 0 Å². The van der Waals surface area contributed by atoms with Gasteiger partial charge in [0, 0.05) is 34.7 Å². The first-order chi connectivity index (χ1) is 12.8. The Morgan fingerprint density at radius 2 is 1.81 bits per heavy atom. The van der Waals surface area contributed by atoms with E-state index in [0.29, 0.717) is 22.3 Å². The predicted octanol–water partition coefficient (Wildman–Crippen LogP) is 3.65. The molecule has 1 aliphatic heterocycles. The molecule has 1 saturated heterocycles. The zero-order chi connectivity index (χ0) is 19.6. The van der Waals surface area contributed by atoms with Gasteiger partial charge < -0.3 is 15.0 Å². The summed E-state index contributed by atoms with van der Waals surface area (Å²) in [6, 6.07) is 4.89. The minimum Gasteiger partial charge on any atom is -0.452 e. The fourth-order valence-electron chi connectivity index (χ4n) is 3.65. The van der Waals surface area contributed by atoms with Gasteiger partial charge in [0.2, 0.25) is 5.91 Å². The van der Waals surface area contributed by atoms with Crippen LogP contribution in [0.15, 0.2) is 18.2 Å². The molecule has 3 rings (SSSR count). The highest BCUT2D eigenvalue weighted by molar-refractivity contribution is 6.35. The molecule has 0 unspecified atom stereocenters. The van der Waals surface area contributed by atoms with Gasteiger partial charge in [0.15, 0.2) is 6.10 Å². The van der Waals surface area contributed by atoms with E-state index in [9.17, 15) is 14.4 Å². The zero-order valence-corrected chi connectivity index (χ0v) is 16.6. The van der Waals surface area contributed by atoms with Crippen molar-refractivity contribution in [3.8, 4) is 0 Å². The van der Waals surface area contributed by atoms with Gasteiger partial charge in [0.25, 0.3) is 5.91 Å². The molecule has 2 amide bonds. The summed E-state index contributed by atoms with van der Waals surface area (Å²) in [6.07, 6.45) is 3.38. The Bertz CT molecular complexity index is 729. The Hall–Kier alpha value is -1.79. The molecule has 2 atom stereocenters. The van der Waals surface area contributed by atoms with Crippen molar-refractivity contribution in [2.45, 2.75) is 51.2 Å². The number of amides is 2. The molecular weight excluding hydrogens is 391 g/mol. The van der Waals surface area contributed by atoms with Gasteiger partial charge in [-0.1, -0.05) is 36.0 Å². The largest absolute Gasteiger partial charge is 0.452 e. The smallest absolute Gasteiger partial charge is 0.312 e. The van der Waals surface area contributed by atoms with E-state index >= 15 is 0 Å². The Kier molecular flexibility index (Phi) is 6.27. The van der Waals surface area contributed by atoms with Crippen molar-refractivity contribution in [2.75, 3.05) is 11.9 Å². The molecule has 27 heavy (non-hydrogen) atoms. The Balaban J connectivity index is 1.54. The lowest BCUT2D eigenvalue weighted by atomic mass is 10.1. The molecule has 0 aromatic heterocycles. The molecule has 6 nitrogen and oxygen atoms in total. The number of ether oxygens (including phenoxy) is 1. The number of likely N-dealkylation sites (tertiary alicyclic amines) is 1. The number of anilines is 1. The molecule has 1 heterocycles. The van der Waals surface area contributed by atoms with Crippen LogP contribution in [0.1, 0.15) is 39.0 Å². The van der Waals surface area contributed by atoms with E-state index in [4.69, 9.17) is 27.9 Å². The highest BCUT2D eigenvalue weighted by atomic mass is 35.5. The Morgan fingerprint density at radius 3 is 2.44 bits per heavy atom. The molecule has 1 aromatic rings. The summed E-state index contributed by atoms with van der Waals surface area (Å²) in [7, 11) is 0. The summed E-state index contributed by atoms with van der Waals surface area (Å²) in [5, 5.41) is 3.39. The summed E-state index contributed by atoms with van der Waals surface area (Å²) in [6.45, 7) is 1.87. The van der Waals surface area contributed by atoms with Crippen LogP contribution in [-0.4, -0.2) is 41.4 Å². The lowest BCUT2D eigenvalue weighted by Crippen LogP contribution is -2.36. The molecule has 1 saturated carbocycles. The molecule has 0 spiro atoms. The molecule has 146 valence electrons. The topological polar surface area (TPSA) is 75.7 Å². The fourth-order valence-corrected chi connectivity index (χ4v) is 4.18. The first-order valence-corrected chi connectivity index (χ1v) is 9.86. The normalized spacial score (nSPS) is 21.4. The van der Waals surface area contributed by atoms with E-state index in [2.05, 4.69) is 5.32 Å². The third-order valence-corrected chi connectivity index (χ3v) is 5.49. The van der Waals surface area contributed by atoms with Crippen LogP contribution in [0.3, 0.4) is 0 Å². The standard InChI is InChI=1S/C19H22Cl2N2O4/c1-11(18(25)22-15-8-13(20)7-14(21)9-15)27-19(26)12-6-17(24)23(10-12)16-4-2-3-5-16/h7-9,11-12,16H,2-6,10H2,1H3,(H,22,25)/t11-,12-/m1/s1. The van der Waals surface area contributed by atoms with Crippen LogP contribution in [0.4, 0.5) is 5.69 Å². The molecule has 2 aliphatic rings. The number of halogens is 2. The number of carbonyl (C=O) groups excluding carboxylic acids is 3. The molecule has 0 radical (unpaired) electrons. The predicted molar refractivity (Wildman–Crippen MR) is 103 cm³/mol. The zero-order valence-electron chi connectivity index (χ0n) is 15.0. The minimum absolute atomic E-state index is 0.00507. The molecule has 1 aliphatic carbocycles. The third-order valence-electron chi connectivity index (χ3n) is 5.05. The van der Waals surface area contributed by atoms with Gasteiger partial charge in [-0.25, -0.2) is 0 Å². The molecule has 1 aromatic carbocycles. The van der Waals surface area contributed by atoms with E-state index < -0.39 is 23.9 Å². The summed E-state index contributed by atoms with van der Waals surface area (Å²) in [5.74, 6) is -1.53. The Morgan fingerprint density at radius 1 is 1.19 bits per heavy atom. The van der Waals surface area contributed by atoms with Gasteiger partial charge in [0.05, 0.1) is 5.92 Å². The van der Waals surface area contributed by atoms with Gasteiger partial charge in [-0.2, -0.15) is 0 Å². The summed E-state index contributed by atoms with van der Waals surface area (Å²) < 4.78 is 5.29. The molecule has 1 N–H and O–H groups in total. The average molecular weight is 413 g/mol. The van der Waals surface area contributed by atoms with Crippen LogP contribution < -0.4 is 5.32 Å². The van der Waals surface area contributed by atoms with Gasteiger partial charge in [0.1, 0.15) is 0 Å². The second-order valence-electron chi connectivity index (χ2n) is 7.11. The Labute approximate surface area is 168 Å².